The van der Waals surface area contributed by atoms with Crippen LogP contribution in [-0.2, 0) is 16.4 Å². The number of rotatable bonds is 7. The fourth-order valence-electron chi connectivity index (χ4n) is 4.29. The molecule has 3 aromatic rings. The van der Waals surface area contributed by atoms with Gasteiger partial charge in [-0.3, -0.25) is 10.3 Å². The van der Waals surface area contributed by atoms with Gasteiger partial charge in [0.15, 0.2) is 0 Å². The van der Waals surface area contributed by atoms with E-state index in [1.54, 1.807) is 12.1 Å². The topological polar surface area (TPSA) is 90.5 Å². The second kappa shape index (κ2) is 10.2. The largest absolute Gasteiger partial charge is 0.383 e. The minimum absolute atomic E-state index is 0.121. The lowest BCUT2D eigenvalue weighted by Crippen LogP contribution is -2.43. The van der Waals surface area contributed by atoms with E-state index in [1.165, 1.54) is 34.7 Å². The smallest absolute Gasteiger partial charge is 0.208 e. The van der Waals surface area contributed by atoms with Crippen LogP contribution in [0.3, 0.4) is 0 Å². The summed E-state index contributed by atoms with van der Waals surface area (Å²) in [4.78, 5) is 5.73. The predicted octanol–water partition coefficient (Wildman–Crippen LogP) is 4.31. The Hall–Kier alpha value is -2.17. The first-order valence-corrected chi connectivity index (χ1v) is 14.6. The van der Waals surface area contributed by atoms with Gasteiger partial charge in [0.25, 0.3) is 0 Å². The number of aryl methyl sites for hydroxylation is 1. The number of amidine groups is 1. The molecule has 9 heteroatoms. The maximum absolute atomic E-state index is 13.6. The highest BCUT2D eigenvalue weighted by molar-refractivity contribution is 8.01. The molecule has 3 N–H and O–H groups in total. The zero-order chi connectivity index (χ0) is 24.5. The van der Waals surface area contributed by atoms with Crippen LogP contribution in [0.2, 0.25) is 0 Å². The summed E-state index contributed by atoms with van der Waals surface area (Å²) in [6.07, 6.45) is 1.84. The molecule has 0 amide bonds. The Balaban J connectivity index is 1.73. The SMILES string of the molecule is CSc1sc(C(=N)N)cc1S(=O)(=O)c1cccc(-c2c(C)cccc2CN2CCN(C)CC2)c1. The van der Waals surface area contributed by atoms with Gasteiger partial charge in [-0.15, -0.1) is 23.1 Å². The van der Waals surface area contributed by atoms with E-state index in [1.807, 2.05) is 18.4 Å². The average molecular weight is 515 g/mol. The van der Waals surface area contributed by atoms with Crippen LogP contribution in [0.25, 0.3) is 11.1 Å². The molecule has 0 spiro atoms. The number of nitrogens with two attached hydrogens (primary N) is 1. The summed E-state index contributed by atoms with van der Waals surface area (Å²) >= 11 is 2.60. The highest BCUT2D eigenvalue weighted by Gasteiger charge is 2.26. The Morgan fingerprint density at radius 3 is 2.50 bits per heavy atom. The van der Waals surface area contributed by atoms with Gasteiger partial charge in [-0.1, -0.05) is 30.3 Å². The minimum Gasteiger partial charge on any atom is -0.383 e. The lowest BCUT2D eigenvalue weighted by molar-refractivity contribution is 0.148. The second-order valence-electron chi connectivity index (χ2n) is 8.60. The second-order valence-corrected chi connectivity index (χ2v) is 12.6. The van der Waals surface area contributed by atoms with Crippen molar-refractivity contribution in [3.05, 3.63) is 64.5 Å². The van der Waals surface area contributed by atoms with Crippen molar-refractivity contribution in [1.82, 2.24) is 9.80 Å². The van der Waals surface area contributed by atoms with Crippen molar-refractivity contribution in [1.29, 1.82) is 5.41 Å². The van der Waals surface area contributed by atoms with E-state index in [0.717, 1.165) is 49.4 Å². The first-order valence-electron chi connectivity index (χ1n) is 11.1. The van der Waals surface area contributed by atoms with E-state index in [2.05, 4.69) is 42.0 Å². The van der Waals surface area contributed by atoms with E-state index in [-0.39, 0.29) is 15.6 Å². The summed E-state index contributed by atoms with van der Waals surface area (Å²) in [5.41, 5.74) is 9.96. The molecule has 0 unspecified atom stereocenters. The summed E-state index contributed by atoms with van der Waals surface area (Å²) in [6, 6.07) is 15.0. The number of nitrogens with zero attached hydrogens (tertiary/aromatic N) is 2. The molecule has 1 aliphatic rings. The number of thioether (sulfide) groups is 1. The monoisotopic (exact) mass is 514 g/mol. The van der Waals surface area contributed by atoms with Gasteiger partial charge < -0.3 is 10.6 Å². The Morgan fingerprint density at radius 2 is 1.82 bits per heavy atom. The van der Waals surface area contributed by atoms with Crippen LogP contribution in [0.5, 0.6) is 0 Å². The molecule has 0 aliphatic carbocycles. The zero-order valence-electron chi connectivity index (χ0n) is 19.7. The molecule has 1 aliphatic heterocycles. The number of piperazine rings is 1. The molecule has 1 aromatic heterocycles. The normalized spacial score (nSPS) is 15.5. The fourth-order valence-corrected chi connectivity index (χ4v) is 8.19. The molecule has 34 heavy (non-hydrogen) atoms. The molecule has 1 fully saturated rings. The number of sulfone groups is 1. The van der Waals surface area contributed by atoms with Crippen molar-refractivity contribution in [3.8, 4) is 11.1 Å². The lowest BCUT2D eigenvalue weighted by atomic mass is 9.94. The molecular formula is C25H30N4O2S3. The van der Waals surface area contributed by atoms with E-state index in [9.17, 15) is 8.42 Å². The van der Waals surface area contributed by atoms with Crippen LogP contribution >= 0.6 is 23.1 Å². The fraction of sp³-hybridized carbons (Fsp3) is 0.320. The predicted molar refractivity (Wildman–Crippen MR) is 142 cm³/mol. The maximum atomic E-state index is 13.6. The first-order chi connectivity index (χ1) is 16.2. The number of hydrogen-bond donors (Lipinski definition) is 2. The third-order valence-electron chi connectivity index (χ3n) is 6.19. The van der Waals surface area contributed by atoms with Crippen LogP contribution in [0.1, 0.15) is 16.0 Å². The van der Waals surface area contributed by atoms with Gasteiger partial charge in [0.1, 0.15) is 5.84 Å². The quantitative estimate of drug-likeness (QED) is 0.277. The third-order valence-corrected chi connectivity index (χ3v) is 10.5. The van der Waals surface area contributed by atoms with Crippen LogP contribution in [0.4, 0.5) is 0 Å². The van der Waals surface area contributed by atoms with Gasteiger partial charge in [-0.2, -0.15) is 0 Å². The van der Waals surface area contributed by atoms with Crippen LogP contribution < -0.4 is 5.73 Å². The van der Waals surface area contributed by atoms with Crippen molar-refractivity contribution < 1.29 is 8.42 Å². The summed E-state index contributed by atoms with van der Waals surface area (Å²) in [5, 5.41) is 7.72. The van der Waals surface area contributed by atoms with Crippen molar-refractivity contribution in [2.45, 2.75) is 27.5 Å². The number of likely N-dealkylation sites (N-methyl/N-ethyl adjacent to an activating group) is 1. The molecule has 0 atom stereocenters. The van der Waals surface area contributed by atoms with Crippen molar-refractivity contribution in [3.63, 3.8) is 0 Å². The average Bonchev–Trinajstić information content (AvgIpc) is 3.27. The molecule has 2 aromatic carbocycles. The molecule has 0 saturated carbocycles. The highest BCUT2D eigenvalue weighted by atomic mass is 32.2. The summed E-state index contributed by atoms with van der Waals surface area (Å²) < 4.78 is 27.9. The molecule has 2 heterocycles. The van der Waals surface area contributed by atoms with Crippen LogP contribution in [0.15, 0.2) is 62.5 Å². The molecule has 180 valence electrons. The van der Waals surface area contributed by atoms with Gasteiger partial charge in [0.2, 0.25) is 9.84 Å². The molecule has 6 nitrogen and oxygen atoms in total. The Labute approximate surface area is 210 Å². The standard InChI is InChI=1S/C25H30N4O2S3/c1-17-6-4-8-19(16-29-12-10-28(2)11-13-29)23(17)18-7-5-9-20(14-18)34(30,31)22-15-21(24(26)27)33-25(22)32-3/h4-9,14-15H,10-13,16H2,1-3H3,(H3,26,27). The van der Waals surface area contributed by atoms with Crippen molar-refractivity contribution >= 4 is 38.8 Å². The van der Waals surface area contributed by atoms with Gasteiger partial charge in [-0.25, -0.2) is 8.42 Å². The lowest BCUT2D eigenvalue weighted by Gasteiger charge is -2.33. The summed E-state index contributed by atoms with van der Waals surface area (Å²) in [6.45, 7) is 7.06. The van der Waals surface area contributed by atoms with Gasteiger partial charge >= 0.3 is 0 Å². The minimum atomic E-state index is -3.76. The van der Waals surface area contributed by atoms with Gasteiger partial charge in [0, 0.05) is 32.7 Å². The number of hydrogen-bond acceptors (Lipinski definition) is 7. The number of nitrogens with one attached hydrogen (secondary N) is 1. The van der Waals surface area contributed by atoms with Gasteiger partial charge in [-0.05, 0) is 60.7 Å². The zero-order valence-corrected chi connectivity index (χ0v) is 22.1. The molecule has 1 saturated heterocycles. The molecule has 0 bridgehead atoms. The maximum Gasteiger partial charge on any atom is 0.208 e. The van der Waals surface area contributed by atoms with Crippen molar-refractivity contribution in [2.24, 2.45) is 5.73 Å². The highest BCUT2D eigenvalue weighted by Crippen LogP contribution is 2.38. The Kier molecular flexibility index (Phi) is 7.49. The van der Waals surface area contributed by atoms with E-state index in [4.69, 9.17) is 11.1 Å². The number of thiophene rings is 1. The number of nitrogen functional groups attached to an aromatic ring is 1. The van der Waals surface area contributed by atoms with Crippen LogP contribution in [0, 0.1) is 12.3 Å². The van der Waals surface area contributed by atoms with E-state index >= 15 is 0 Å². The summed E-state index contributed by atoms with van der Waals surface area (Å²) in [5.74, 6) is -0.121. The number of benzene rings is 2. The third kappa shape index (κ3) is 5.08. The van der Waals surface area contributed by atoms with Crippen molar-refractivity contribution in [2.75, 3.05) is 39.5 Å². The molecule has 4 rings (SSSR count). The van der Waals surface area contributed by atoms with Gasteiger partial charge in [0.05, 0.1) is 18.9 Å². The Bertz CT molecular complexity index is 1310. The van der Waals surface area contributed by atoms with Crippen LogP contribution in [-0.4, -0.2) is 63.5 Å². The van der Waals surface area contributed by atoms with E-state index in [0.29, 0.717) is 9.09 Å². The molecule has 0 radical (unpaired) electrons. The summed E-state index contributed by atoms with van der Waals surface area (Å²) in [7, 11) is -1.61. The van der Waals surface area contributed by atoms with E-state index < -0.39 is 9.84 Å². The Morgan fingerprint density at radius 1 is 1.12 bits per heavy atom. The first kappa shape index (κ1) is 24.9. The molecular weight excluding hydrogens is 485 g/mol.